The number of hydrogen-bond donors (Lipinski definition) is 2. The number of hydrogen-bond acceptors (Lipinski definition) is 5. The van der Waals surface area contributed by atoms with Gasteiger partial charge in [-0.15, -0.1) is 0 Å². The smallest absolute Gasteiger partial charge is 0.416 e. The first-order chi connectivity index (χ1) is 22.0. The Balaban J connectivity index is 1.23. The maximum absolute atomic E-state index is 13.5. The molecule has 6 atom stereocenters. The molecule has 0 aromatic heterocycles. The van der Waals surface area contributed by atoms with Crippen LogP contribution in [0.25, 0.3) is 0 Å². The molecule has 3 aromatic carbocycles. The molecule has 2 fully saturated rings. The van der Waals surface area contributed by atoms with Crippen LogP contribution in [0.3, 0.4) is 0 Å². The van der Waals surface area contributed by atoms with E-state index in [9.17, 15) is 28.2 Å². The fraction of sp³-hybridized carbons (Fsp3) is 0.432. The number of ether oxygens (including phenoxy) is 1. The molecule has 1 amide bonds. The van der Waals surface area contributed by atoms with Gasteiger partial charge in [-0.05, 0) is 79.6 Å². The highest BCUT2D eigenvalue weighted by Gasteiger charge is 2.75. The average molecular weight is 631 g/mol. The van der Waals surface area contributed by atoms with Gasteiger partial charge in [0.05, 0.1) is 22.6 Å². The lowest BCUT2D eigenvalue weighted by molar-refractivity contribution is -0.228. The summed E-state index contributed by atoms with van der Waals surface area (Å²) in [4.78, 5) is 17.5. The fourth-order valence-electron chi connectivity index (χ4n) is 8.97. The molecular formula is C37H37F3N2O4. The summed E-state index contributed by atoms with van der Waals surface area (Å²) in [5, 5.41) is 24.2. The van der Waals surface area contributed by atoms with Crippen LogP contribution < -0.4 is 4.74 Å². The van der Waals surface area contributed by atoms with Crippen molar-refractivity contribution >= 4 is 5.91 Å². The minimum absolute atomic E-state index is 0.0257. The zero-order valence-electron chi connectivity index (χ0n) is 25.8. The van der Waals surface area contributed by atoms with Gasteiger partial charge in [-0.1, -0.05) is 55.7 Å². The summed E-state index contributed by atoms with van der Waals surface area (Å²) in [6.45, 7) is 3.61. The lowest BCUT2D eigenvalue weighted by Gasteiger charge is -2.67. The molecule has 9 heteroatoms. The van der Waals surface area contributed by atoms with E-state index in [1.807, 2.05) is 24.3 Å². The van der Waals surface area contributed by atoms with Crippen molar-refractivity contribution in [1.82, 2.24) is 9.80 Å². The predicted molar refractivity (Wildman–Crippen MR) is 166 cm³/mol. The van der Waals surface area contributed by atoms with Gasteiger partial charge in [0.2, 0.25) is 0 Å². The number of benzene rings is 3. The summed E-state index contributed by atoms with van der Waals surface area (Å²) in [7, 11) is 1.67. The van der Waals surface area contributed by atoms with Crippen molar-refractivity contribution in [3.05, 3.63) is 94.5 Å². The van der Waals surface area contributed by atoms with Crippen LogP contribution in [-0.4, -0.2) is 69.8 Å². The van der Waals surface area contributed by atoms with E-state index < -0.39 is 40.8 Å². The molecule has 2 heterocycles. The Bertz CT molecular complexity index is 1720. The van der Waals surface area contributed by atoms with Crippen molar-refractivity contribution < 1.29 is 32.9 Å². The van der Waals surface area contributed by atoms with Gasteiger partial charge in [-0.25, -0.2) is 0 Å². The number of alkyl halides is 3. The van der Waals surface area contributed by atoms with Crippen LogP contribution >= 0.6 is 0 Å². The van der Waals surface area contributed by atoms with Gasteiger partial charge in [0.1, 0.15) is 6.10 Å². The van der Waals surface area contributed by atoms with Crippen molar-refractivity contribution in [2.45, 2.75) is 74.4 Å². The summed E-state index contributed by atoms with van der Waals surface area (Å²) in [5.74, 6) is 5.11. The molecule has 1 spiro atoms. The molecule has 2 N–H and O–H groups in total. The van der Waals surface area contributed by atoms with Crippen LogP contribution in [0.15, 0.2) is 66.7 Å². The van der Waals surface area contributed by atoms with Crippen LogP contribution in [0.5, 0.6) is 11.5 Å². The van der Waals surface area contributed by atoms with E-state index >= 15 is 0 Å². The molecule has 3 aromatic rings. The number of carbonyl (C=O) groups excluding carboxylic acids is 1. The van der Waals surface area contributed by atoms with Gasteiger partial charge in [-0.3, -0.25) is 9.69 Å². The number of phenols is 1. The van der Waals surface area contributed by atoms with Gasteiger partial charge >= 0.3 is 6.18 Å². The van der Waals surface area contributed by atoms with Crippen LogP contribution in [0.2, 0.25) is 0 Å². The number of nitrogens with zero attached hydrogens (tertiary/aromatic N) is 2. The summed E-state index contributed by atoms with van der Waals surface area (Å²) in [5.41, 5.74) is 0.711. The molecule has 2 bridgehead atoms. The summed E-state index contributed by atoms with van der Waals surface area (Å²) >= 11 is 0. The Labute approximate surface area is 266 Å². The maximum Gasteiger partial charge on any atom is 0.416 e. The summed E-state index contributed by atoms with van der Waals surface area (Å²) in [6, 6.07) is 17.7. The third-order valence-electron chi connectivity index (χ3n) is 11.1. The number of amides is 1. The zero-order chi connectivity index (χ0) is 32.4. The lowest BCUT2D eigenvalue weighted by Crippen LogP contribution is -2.81. The highest BCUT2D eigenvalue weighted by atomic mass is 19.4. The first-order valence-electron chi connectivity index (χ1n) is 16.0. The van der Waals surface area contributed by atoms with E-state index in [0.29, 0.717) is 37.0 Å². The second-order valence-corrected chi connectivity index (χ2v) is 13.2. The largest absolute Gasteiger partial charge is 0.504 e. The van der Waals surface area contributed by atoms with E-state index in [4.69, 9.17) is 4.74 Å². The normalized spacial score (nSPS) is 29.3. The van der Waals surface area contributed by atoms with Crippen molar-refractivity contribution in [2.24, 2.45) is 5.92 Å². The Hall–Kier alpha value is -4.00. The Morgan fingerprint density at radius 1 is 1.11 bits per heavy atom. The van der Waals surface area contributed by atoms with Gasteiger partial charge in [0, 0.05) is 36.7 Å². The summed E-state index contributed by atoms with van der Waals surface area (Å²) in [6.07, 6.45) is -1.78. The highest BCUT2D eigenvalue weighted by Crippen LogP contribution is 2.67. The fourth-order valence-corrected chi connectivity index (χ4v) is 8.97. The molecule has 2 aliphatic carbocycles. The molecule has 6 nitrogen and oxygen atoms in total. The number of aromatic hydroxyl groups is 1. The zero-order valence-corrected chi connectivity index (χ0v) is 25.8. The second kappa shape index (κ2) is 11.1. The first-order valence-corrected chi connectivity index (χ1v) is 16.0. The van der Waals surface area contributed by atoms with Gasteiger partial charge in [0.15, 0.2) is 11.5 Å². The molecule has 1 saturated heterocycles. The number of carbonyl (C=O) groups is 1. The van der Waals surface area contributed by atoms with Crippen molar-refractivity contribution in [3.8, 4) is 23.3 Å². The SMILES string of the molecule is CC[C@H]1C[C@H](N(C)C(=O)C#Cc2ccc(C(F)(F)F)cc2)[C@H]2Oc3c(O)ccc4c3[C@@]23CCN(CCc2ccccc2)[C@H](C4)[C@]13O. The van der Waals surface area contributed by atoms with Gasteiger partial charge in [0.25, 0.3) is 5.91 Å². The Kier molecular flexibility index (Phi) is 7.37. The number of phenolic OH excluding ortho intramolecular Hbond substituents is 1. The minimum Gasteiger partial charge on any atom is -0.504 e. The number of likely N-dealkylation sites (tertiary alicyclic amines) is 1. The molecule has 4 aliphatic rings. The van der Waals surface area contributed by atoms with E-state index in [2.05, 4.69) is 35.8 Å². The van der Waals surface area contributed by atoms with E-state index in [1.54, 1.807) is 18.0 Å². The van der Waals surface area contributed by atoms with Crippen LogP contribution in [0, 0.1) is 17.8 Å². The number of aliphatic hydroxyl groups is 1. The Morgan fingerprint density at radius 2 is 1.85 bits per heavy atom. The van der Waals surface area contributed by atoms with Crippen molar-refractivity contribution in [1.29, 1.82) is 0 Å². The minimum atomic E-state index is -4.45. The number of likely N-dealkylation sites (N-methyl/N-ethyl adjacent to an activating group) is 1. The molecule has 0 unspecified atom stereocenters. The van der Waals surface area contributed by atoms with E-state index in [1.165, 1.54) is 17.7 Å². The van der Waals surface area contributed by atoms with Crippen molar-refractivity contribution in [2.75, 3.05) is 20.1 Å². The Morgan fingerprint density at radius 3 is 2.54 bits per heavy atom. The second-order valence-electron chi connectivity index (χ2n) is 13.2. The maximum atomic E-state index is 13.5. The van der Waals surface area contributed by atoms with E-state index in [-0.39, 0.29) is 17.7 Å². The molecule has 0 radical (unpaired) electrons. The third kappa shape index (κ3) is 4.52. The number of halogens is 3. The number of piperidine rings is 1. The van der Waals surface area contributed by atoms with Crippen LogP contribution in [0.4, 0.5) is 13.2 Å². The topological polar surface area (TPSA) is 73.2 Å². The molecule has 7 rings (SSSR count). The third-order valence-corrected chi connectivity index (χ3v) is 11.1. The molecule has 1 saturated carbocycles. The predicted octanol–water partition coefficient (Wildman–Crippen LogP) is 5.32. The van der Waals surface area contributed by atoms with Crippen molar-refractivity contribution in [3.63, 3.8) is 0 Å². The standard InChI is InChI=1S/C37H37F3N2O4/c1-3-26-22-28(41(2)31(44)16-11-24-9-13-27(14-10-24)37(38,39)40)34-35-18-20-42(19-17-23-7-5-4-6-8-23)30(36(26,35)45)21-25-12-15-29(43)33(46-34)32(25)35/h4-10,12-15,26,28,30,34,43,45H,3,17-22H2,1-2H3/t26-,28-,30+,34+,35-,36+/m0/s1. The van der Waals surface area contributed by atoms with Crippen LogP contribution in [-0.2, 0) is 29.2 Å². The lowest BCUT2D eigenvalue weighted by atomic mass is 9.45. The molecule has 46 heavy (non-hydrogen) atoms. The first kappa shape index (κ1) is 30.6. The average Bonchev–Trinajstić information content (AvgIpc) is 3.40. The van der Waals surface area contributed by atoms with E-state index in [0.717, 1.165) is 42.8 Å². The monoisotopic (exact) mass is 630 g/mol. The molecule has 2 aliphatic heterocycles. The molecular weight excluding hydrogens is 593 g/mol. The summed E-state index contributed by atoms with van der Waals surface area (Å²) < 4.78 is 45.6. The van der Waals surface area contributed by atoms with Gasteiger partial charge < -0.3 is 19.8 Å². The molecule has 240 valence electrons. The van der Waals surface area contributed by atoms with Gasteiger partial charge in [-0.2, -0.15) is 13.2 Å². The quantitative estimate of drug-likeness (QED) is 0.374. The van der Waals surface area contributed by atoms with Crippen LogP contribution in [0.1, 0.15) is 54.0 Å². The number of rotatable bonds is 5. The highest BCUT2D eigenvalue weighted by molar-refractivity contribution is 5.94.